The van der Waals surface area contributed by atoms with E-state index in [1.165, 1.54) is 0 Å². The van der Waals surface area contributed by atoms with Crippen LogP contribution in [0.3, 0.4) is 0 Å². The predicted octanol–water partition coefficient (Wildman–Crippen LogP) is 17.4. The van der Waals surface area contributed by atoms with Gasteiger partial charge in [-0.2, -0.15) is 35.7 Å². The molecule has 0 N–H and O–H groups in total. The van der Waals surface area contributed by atoms with Crippen LogP contribution in [0.1, 0.15) is 93.6 Å². The van der Waals surface area contributed by atoms with E-state index in [2.05, 4.69) is 206 Å². The SMILES string of the molecule is CC1=CC(C)[N+](c2c3ccccc3c(-n3nc(C)cc3C)c3c4nc5nc(nc6[n-]c(nc7nc(nc([n-]4)c23)-c2c-7c(-n3nc(C)cc3C)c3ccccc3c2-n2nc(C)cc2C)c2c(-n3nc(C)cc3C)c3ccccc3c(-n3nc(C)cc3C)c62)-c2c-5c(-n3nc(C)cc3C)c3ccccc3c2-n2nc(C)cc2C)=N1.[Mg+2]. The van der Waals surface area contributed by atoms with Crippen LogP contribution in [-0.2, 0) is 0 Å². The van der Waals surface area contributed by atoms with E-state index in [0.717, 1.165) is 174 Å². The molecule has 13 heterocycles. The summed E-state index contributed by atoms with van der Waals surface area (Å²) in [6.45, 7) is 32.9. The molecule has 0 amide bonds. The molecule has 10 aromatic heterocycles. The van der Waals surface area contributed by atoms with Crippen molar-refractivity contribution in [2.45, 2.75) is 117 Å². The first-order valence-electron chi connectivity index (χ1n) is 37.6. The molecule has 18 aromatic rings. The van der Waals surface area contributed by atoms with Gasteiger partial charge in [0.05, 0.1) is 114 Å². The van der Waals surface area contributed by atoms with Gasteiger partial charge in [-0.25, -0.2) is 42.7 Å². The van der Waals surface area contributed by atoms with Crippen molar-refractivity contribution in [3.8, 4) is 85.4 Å². The summed E-state index contributed by atoms with van der Waals surface area (Å²) in [4.78, 5) is 48.4. The van der Waals surface area contributed by atoms with Gasteiger partial charge in [-0.3, -0.25) is 0 Å². The van der Waals surface area contributed by atoms with Crippen molar-refractivity contribution in [2.24, 2.45) is 5.11 Å². The van der Waals surface area contributed by atoms with Crippen molar-refractivity contribution in [1.82, 2.24) is 108 Å². The van der Waals surface area contributed by atoms with Crippen molar-refractivity contribution >= 4 is 116 Å². The van der Waals surface area contributed by atoms with Crippen LogP contribution < -0.4 is 9.97 Å². The second-order valence-electron chi connectivity index (χ2n) is 30.3. The molecular formula is C88H73MgN24+. The molecule has 0 fully saturated rings. The number of benzene rings is 8. The van der Waals surface area contributed by atoms with Crippen molar-refractivity contribution in [3.05, 3.63) is 231 Å². The fourth-order valence-electron chi connectivity index (χ4n) is 18.0. The topological polar surface area (TPSA) is 246 Å². The number of aromatic nitrogens is 22. The minimum absolute atomic E-state index is 0. The van der Waals surface area contributed by atoms with Crippen molar-refractivity contribution in [2.75, 3.05) is 0 Å². The number of nitrogens with zero attached hydrogens (tertiary/aromatic N) is 24. The van der Waals surface area contributed by atoms with E-state index in [1.807, 2.05) is 88.2 Å². The quantitative estimate of drug-likeness (QED) is 0.101. The molecule has 0 aliphatic carbocycles. The number of hydrogen-bond donors (Lipinski definition) is 0. The van der Waals surface area contributed by atoms with E-state index in [4.69, 9.17) is 80.7 Å². The van der Waals surface area contributed by atoms with Gasteiger partial charge in [0.2, 0.25) is 11.7 Å². The van der Waals surface area contributed by atoms with Crippen LogP contribution in [0.4, 0.5) is 5.69 Å². The molecule has 546 valence electrons. The molecule has 0 spiro atoms. The monoisotopic (exact) mass is 1490 g/mol. The molecule has 1 unspecified atom stereocenters. The predicted molar refractivity (Wildman–Crippen MR) is 442 cm³/mol. The number of hydrogen-bond acceptors (Lipinski definition) is 14. The summed E-state index contributed by atoms with van der Waals surface area (Å²) in [7, 11) is 0. The summed E-state index contributed by atoms with van der Waals surface area (Å²) < 4.78 is 16.2. The zero-order valence-corrected chi connectivity index (χ0v) is 66.8. The Kier molecular flexibility index (Phi) is 15.2. The number of fused-ring (bicyclic) bond motifs is 24. The van der Waals surface area contributed by atoms with Crippen LogP contribution in [0.2, 0.25) is 0 Å². The van der Waals surface area contributed by atoms with E-state index >= 15 is 0 Å². The third kappa shape index (κ3) is 10.1. The largest absolute Gasteiger partial charge is 2.00 e. The number of aryl methyl sites for hydroxylation is 14. The maximum absolute atomic E-state index is 6.12. The normalized spacial score (nSPS) is 13.4. The molecule has 21 rings (SSSR count). The van der Waals surface area contributed by atoms with Crippen molar-refractivity contribution in [1.29, 1.82) is 0 Å². The fraction of sp³-hybridized carbons (Fsp3) is 0.193. The standard InChI is InChI=1S/C88H73N24.Mg/c1-41-33-49(9)105(97-41)73-57-25-17-18-26-58(57)74(106-50(10)34-42(2)98-106)66-65(73)81-89-82(66)94-84-69-70(78(110-54(14)38-46(6)102-110)62-30-22-21-29-61(62)77(69)109-53(13)37-45(5)101-109)86(91-84)96-88-72-71(79(111-55(15)39-47(7)103-111)63-31-23-24-32-64(63)80(72)112-56(16)40-48(8)104-112)87(92-88)95-85-68-67(83(90-85)93-81)75(107-51(11)35-43(3)99-107)59-27-19-20-28-60(59)76(68)108-52(12)36-44(4)100-108;/h17-40,49H,1-16H3;/q-1;+2. The molecule has 113 heavy (non-hydrogen) atoms. The van der Waals surface area contributed by atoms with Crippen molar-refractivity contribution in [3.63, 3.8) is 0 Å². The Labute approximate surface area is 663 Å². The molecule has 0 radical (unpaired) electrons. The Hall–Kier alpha value is -13.3. The molecule has 8 bridgehead atoms. The smallest absolute Gasteiger partial charge is 0.357 e. The van der Waals surface area contributed by atoms with Crippen LogP contribution in [0.25, 0.3) is 173 Å². The van der Waals surface area contributed by atoms with Gasteiger partial charge in [-0.05, 0) is 158 Å². The van der Waals surface area contributed by atoms with Gasteiger partial charge in [-0.1, -0.05) is 95.7 Å². The first-order valence-corrected chi connectivity index (χ1v) is 37.6. The third-order valence-corrected chi connectivity index (χ3v) is 22.0. The summed E-state index contributed by atoms with van der Waals surface area (Å²) in [5.74, 6) is 1.14. The Bertz CT molecular complexity index is 7480. The second-order valence-corrected chi connectivity index (χ2v) is 30.3. The molecule has 1 atom stereocenters. The van der Waals surface area contributed by atoms with E-state index in [9.17, 15) is 0 Å². The summed E-state index contributed by atoms with van der Waals surface area (Å²) >= 11 is 0. The van der Waals surface area contributed by atoms with E-state index in [-0.39, 0.29) is 63.7 Å². The van der Waals surface area contributed by atoms with Crippen molar-refractivity contribution < 1.29 is 4.70 Å². The van der Waals surface area contributed by atoms with Gasteiger partial charge >= 0.3 is 23.1 Å². The minimum atomic E-state index is -0.226. The molecular weight excluding hydrogens is 1420 g/mol. The van der Waals surface area contributed by atoms with Gasteiger partial charge in [0, 0.05) is 152 Å². The number of rotatable bonds is 8. The van der Waals surface area contributed by atoms with Crippen LogP contribution >= 0.6 is 0 Å². The average Bonchev–Trinajstić information content (AvgIpc) is 1.56. The molecule has 0 saturated heterocycles. The fourth-order valence-corrected chi connectivity index (χ4v) is 18.0. The second kappa shape index (κ2) is 24.9. The van der Waals surface area contributed by atoms with Gasteiger partial charge < -0.3 is 29.9 Å². The van der Waals surface area contributed by atoms with E-state index in [1.54, 1.807) is 0 Å². The first-order chi connectivity index (χ1) is 54.1. The zero-order valence-electron chi connectivity index (χ0n) is 65.4. The zero-order chi connectivity index (χ0) is 76.6. The molecule has 3 aliphatic heterocycles. The minimum Gasteiger partial charge on any atom is -0.357 e. The van der Waals surface area contributed by atoms with Gasteiger partial charge in [-0.15, -0.1) is 0 Å². The van der Waals surface area contributed by atoms with Crippen LogP contribution in [-0.4, -0.2) is 132 Å². The molecule has 0 saturated carbocycles. The Morgan fingerprint density at radius 3 is 0.743 bits per heavy atom. The molecule has 25 heteroatoms. The van der Waals surface area contributed by atoms with E-state index in [0.29, 0.717) is 55.1 Å². The first kappa shape index (κ1) is 69.0. The van der Waals surface area contributed by atoms with Gasteiger partial charge in [0.1, 0.15) is 5.70 Å². The summed E-state index contributed by atoms with van der Waals surface area (Å²) in [5.41, 5.74) is 22.3. The Balaban J connectivity index is 0.00000830. The molecule has 3 aliphatic rings. The molecule has 24 nitrogen and oxygen atoms in total. The van der Waals surface area contributed by atoms with Gasteiger partial charge in [0.15, 0.2) is 0 Å². The number of azo groups is 2. The number of allylic oxidation sites excluding steroid dienone is 1. The summed E-state index contributed by atoms with van der Waals surface area (Å²) in [6, 6.07) is 48.1. The third-order valence-electron chi connectivity index (χ3n) is 22.0. The van der Waals surface area contributed by atoms with Crippen LogP contribution in [0.5, 0.6) is 0 Å². The Morgan fingerprint density at radius 2 is 0.504 bits per heavy atom. The van der Waals surface area contributed by atoms with Gasteiger partial charge in [0.25, 0.3) is 0 Å². The summed E-state index contributed by atoms with van der Waals surface area (Å²) in [5, 5.41) is 52.5. The Morgan fingerprint density at radius 1 is 0.283 bits per heavy atom. The molecule has 8 aromatic carbocycles. The van der Waals surface area contributed by atoms with Crippen LogP contribution in [0.15, 0.2) is 156 Å². The van der Waals surface area contributed by atoms with Crippen LogP contribution in [0, 0.1) is 96.9 Å². The average molecular weight is 1490 g/mol. The van der Waals surface area contributed by atoms with E-state index < -0.39 is 0 Å². The maximum atomic E-state index is 6.12. The maximum Gasteiger partial charge on any atom is 2.00 e. The summed E-state index contributed by atoms with van der Waals surface area (Å²) in [6.07, 6.45) is 2.17.